The minimum absolute atomic E-state index is 1.21. The smallest absolute Gasteiger partial charge is 0.0471 e. The first-order chi connectivity index (χ1) is 9.43. The van der Waals surface area contributed by atoms with E-state index in [1.54, 1.807) is 0 Å². The zero-order valence-corrected chi connectivity index (χ0v) is 10.4. The van der Waals surface area contributed by atoms with Crippen LogP contribution >= 0.6 is 0 Å². The van der Waals surface area contributed by atoms with Gasteiger partial charge in [0, 0.05) is 22.2 Å². The molecule has 0 amide bonds. The van der Waals surface area contributed by atoms with Crippen molar-refractivity contribution in [2.45, 2.75) is 0 Å². The Hall–Kier alpha value is -2.54. The van der Waals surface area contributed by atoms with Crippen molar-refractivity contribution >= 4 is 11.0 Å². The zero-order valence-electron chi connectivity index (χ0n) is 10.4. The topological polar surface area (TPSA) is 15.8 Å². The van der Waals surface area contributed by atoms with Crippen molar-refractivity contribution in [3.63, 3.8) is 0 Å². The van der Waals surface area contributed by atoms with Gasteiger partial charge in [0.15, 0.2) is 0 Å². The van der Waals surface area contributed by atoms with E-state index < -0.39 is 0 Å². The molecule has 2 bridgehead atoms. The van der Waals surface area contributed by atoms with E-state index in [9.17, 15) is 0 Å². The van der Waals surface area contributed by atoms with Gasteiger partial charge in [0.1, 0.15) is 0 Å². The van der Waals surface area contributed by atoms with Crippen LogP contribution in [0.1, 0.15) is 0 Å². The second kappa shape index (κ2) is 3.99. The molecule has 0 unspecified atom stereocenters. The van der Waals surface area contributed by atoms with E-state index in [0.29, 0.717) is 0 Å². The van der Waals surface area contributed by atoms with Crippen molar-refractivity contribution in [1.82, 2.24) is 4.98 Å². The third kappa shape index (κ3) is 1.55. The van der Waals surface area contributed by atoms with Gasteiger partial charge in [0.05, 0.1) is 0 Å². The lowest BCUT2D eigenvalue weighted by molar-refractivity contribution is 1.59. The summed E-state index contributed by atoms with van der Waals surface area (Å²) in [7, 11) is 0. The molecule has 2 aromatic heterocycles. The molecule has 0 radical (unpaired) electrons. The van der Waals surface area contributed by atoms with Crippen LogP contribution in [0.4, 0.5) is 0 Å². The number of hydrogen-bond donors (Lipinski definition) is 1. The Balaban J connectivity index is 2.03. The fourth-order valence-corrected chi connectivity index (χ4v) is 2.77. The summed E-state index contributed by atoms with van der Waals surface area (Å²) in [6.07, 6.45) is 0. The fraction of sp³-hybridized carbons (Fsp3) is 0. The van der Waals surface area contributed by atoms with Crippen LogP contribution in [0.25, 0.3) is 33.3 Å². The summed E-state index contributed by atoms with van der Waals surface area (Å²) in [5.74, 6) is 0. The molecule has 2 aromatic carbocycles. The van der Waals surface area contributed by atoms with E-state index >= 15 is 0 Å². The molecule has 0 atom stereocenters. The van der Waals surface area contributed by atoms with E-state index in [0.717, 1.165) is 0 Å². The summed E-state index contributed by atoms with van der Waals surface area (Å²) in [5, 5.41) is 0. The van der Waals surface area contributed by atoms with Crippen LogP contribution in [0.2, 0.25) is 0 Å². The molecule has 0 fully saturated rings. The van der Waals surface area contributed by atoms with Gasteiger partial charge in [0.2, 0.25) is 0 Å². The highest BCUT2D eigenvalue weighted by atomic mass is 14.7. The van der Waals surface area contributed by atoms with E-state index in [1.165, 1.54) is 33.3 Å². The third-order valence-corrected chi connectivity index (χ3v) is 3.60. The van der Waals surface area contributed by atoms with Crippen molar-refractivity contribution in [3.05, 3.63) is 72.8 Å². The molecule has 19 heavy (non-hydrogen) atoms. The highest BCUT2D eigenvalue weighted by molar-refractivity contribution is 6.04. The van der Waals surface area contributed by atoms with Gasteiger partial charge >= 0.3 is 0 Å². The summed E-state index contributed by atoms with van der Waals surface area (Å²) in [5.41, 5.74) is 7.57. The summed E-state index contributed by atoms with van der Waals surface area (Å²) < 4.78 is 0. The van der Waals surface area contributed by atoms with Gasteiger partial charge in [0.25, 0.3) is 0 Å². The Morgan fingerprint density at radius 1 is 0.474 bits per heavy atom. The Kier molecular flexibility index (Phi) is 2.18. The summed E-state index contributed by atoms with van der Waals surface area (Å²) in [6, 6.07) is 25.5. The maximum atomic E-state index is 3.47. The maximum Gasteiger partial charge on any atom is 0.0471 e. The highest BCUT2D eigenvalue weighted by Crippen LogP contribution is 2.40. The molecule has 0 saturated heterocycles. The van der Waals surface area contributed by atoms with E-state index in [4.69, 9.17) is 0 Å². The molecular weight excluding hydrogens is 230 g/mol. The van der Waals surface area contributed by atoms with Crippen molar-refractivity contribution in [1.29, 1.82) is 0 Å². The van der Waals surface area contributed by atoms with Crippen LogP contribution in [0.5, 0.6) is 0 Å². The highest BCUT2D eigenvalue weighted by Gasteiger charge is 2.16. The van der Waals surface area contributed by atoms with Crippen LogP contribution < -0.4 is 0 Å². The number of rotatable bonds is 2. The number of fused-ring (bicyclic) bond motifs is 2. The molecule has 0 aliphatic heterocycles. The van der Waals surface area contributed by atoms with Crippen molar-refractivity contribution in [2.75, 3.05) is 0 Å². The van der Waals surface area contributed by atoms with Gasteiger partial charge in [-0.05, 0) is 23.3 Å². The summed E-state index contributed by atoms with van der Waals surface area (Å²) >= 11 is 0. The SMILES string of the molecule is c1ccc(-c2c(-c3ccccc3)c3ccc2[nH]3)cc1. The quantitative estimate of drug-likeness (QED) is 0.513. The minimum atomic E-state index is 1.21. The largest absolute Gasteiger partial charge is 0.354 e. The van der Waals surface area contributed by atoms with Crippen LogP contribution in [0, 0.1) is 0 Å². The predicted octanol–water partition coefficient (Wildman–Crippen LogP) is 4.94. The lowest BCUT2D eigenvalue weighted by atomic mass is 9.95. The average molecular weight is 243 g/mol. The third-order valence-electron chi connectivity index (χ3n) is 3.60. The molecule has 90 valence electrons. The Morgan fingerprint density at radius 2 is 0.895 bits per heavy atom. The Morgan fingerprint density at radius 3 is 1.32 bits per heavy atom. The molecule has 0 spiro atoms. The van der Waals surface area contributed by atoms with E-state index in [-0.39, 0.29) is 0 Å². The first-order valence-electron chi connectivity index (χ1n) is 6.48. The molecule has 0 saturated carbocycles. The molecule has 0 aliphatic carbocycles. The molecule has 4 rings (SSSR count). The summed E-state index contributed by atoms with van der Waals surface area (Å²) in [4.78, 5) is 3.47. The lowest BCUT2D eigenvalue weighted by Crippen LogP contribution is -1.82. The van der Waals surface area contributed by atoms with Gasteiger partial charge in [-0.3, -0.25) is 0 Å². The van der Waals surface area contributed by atoms with Gasteiger partial charge in [-0.15, -0.1) is 0 Å². The second-order valence-corrected chi connectivity index (χ2v) is 4.77. The van der Waals surface area contributed by atoms with Crippen LogP contribution in [-0.4, -0.2) is 4.98 Å². The van der Waals surface area contributed by atoms with E-state index in [2.05, 4.69) is 77.8 Å². The standard InChI is InChI=1S/C18H13N/c1-3-7-13(8-4-1)17-15-11-12-16(19-15)18(17)14-9-5-2-6-10-14/h1-12,19H. The van der Waals surface area contributed by atoms with Gasteiger partial charge < -0.3 is 4.98 Å². The number of nitrogens with one attached hydrogen (secondary N) is 1. The van der Waals surface area contributed by atoms with Crippen molar-refractivity contribution < 1.29 is 0 Å². The molecule has 1 nitrogen and oxygen atoms in total. The molecule has 1 N–H and O–H groups in total. The molecule has 2 heterocycles. The van der Waals surface area contributed by atoms with Crippen LogP contribution in [0.15, 0.2) is 72.8 Å². The Labute approximate surface area is 111 Å². The lowest BCUT2D eigenvalue weighted by Gasteiger charge is -2.07. The molecule has 0 aliphatic rings. The normalized spacial score (nSPS) is 11.2. The van der Waals surface area contributed by atoms with E-state index in [1.807, 2.05) is 0 Å². The van der Waals surface area contributed by atoms with Gasteiger partial charge in [-0.25, -0.2) is 0 Å². The van der Waals surface area contributed by atoms with Crippen molar-refractivity contribution in [3.8, 4) is 22.3 Å². The zero-order chi connectivity index (χ0) is 12.7. The minimum Gasteiger partial charge on any atom is -0.354 e. The van der Waals surface area contributed by atoms with Gasteiger partial charge in [-0.2, -0.15) is 0 Å². The number of hydrogen-bond acceptors (Lipinski definition) is 0. The molecular formula is C18H13N. The number of H-pyrrole nitrogens is 1. The Bertz CT molecular complexity index is 729. The molecule has 4 aromatic rings. The first-order valence-corrected chi connectivity index (χ1v) is 6.48. The first kappa shape index (κ1) is 10.4. The number of aromatic nitrogens is 1. The average Bonchev–Trinajstić information content (AvgIpc) is 3.10. The van der Waals surface area contributed by atoms with Crippen molar-refractivity contribution in [2.24, 2.45) is 0 Å². The monoisotopic (exact) mass is 243 g/mol. The second-order valence-electron chi connectivity index (χ2n) is 4.77. The number of benzene rings is 3. The van der Waals surface area contributed by atoms with Crippen LogP contribution in [-0.2, 0) is 0 Å². The summed E-state index contributed by atoms with van der Waals surface area (Å²) in [6.45, 7) is 0. The fourth-order valence-electron chi connectivity index (χ4n) is 2.77. The van der Waals surface area contributed by atoms with Gasteiger partial charge in [-0.1, -0.05) is 60.7 Å². The predicted molar refractivity (Wildman–Crippen MR) is 80.4 cm³/mol. The maximum absolute atomic E-state index is 3.47. The van der Waals surface area contributed by atoms with Crippen LogP contribution in [0.3, 0.4) is 0 Å². The molecule has 1 heteroatoms. The number of aromatic amines is 1.